The van der Waals surface area contributed by atoms with Crippen LogP contribution < -0.4 is 4.72 Å². The van der Waals surface area contributed by atoms with Gasteiger partial charge in [-0.15, -0.1) is 4.72 Å². The van der Waals surface area contributed by atoms with Gasteiger partial charge in [0.1, 0.15) is 4.75 Å². The zero-order valence-electron chi connectivity index (χ0n) is 17.5. The van der Waals surface area contributed by atoms with Crippen molar-refractivity contribution in [2.45, 2.75) is 83.6 Å². The Morgan fingerprint density at radius 2 is 1.73 bits per heavy atom. The molecule has 0 unspecified atom stereocenters. The predicted octanol–water partition coefficient (Wildman–Crippen LogP) is 5.07. The van der Waals surface area contributed by atoms with E-state index in [1.165, 1.54) is 0 Å². The summed E-state index contributed by atoms with van der Waals surface area (Å²) in [5, 5.41) is 0. The van der Waals surface area contributed by atoms with E-state index < -0.39 is 19.4 Å². The van der Waals surface area contributed by atoms with E-state index in [-0.39, 0.29) is 22.9 Å². The quantitative estimate of drug-likeness (QED) is 0.378. The third kappa shape index (κ3) is 8.25. The lowest BCUT2D eigenvalue weighted by Gasteiger charge is -2.29. The van der Waals surface area contributed by atoms with Crippen LogP contribution in [0.3, 0.4) is 0 Å². The van der Waals surface area contributed by atoms with E-state index >= 15 is 0 Å². The van der Waals surface area contributed by atoms with Crippen molar-refractivity contribution in [3.05, 3.63) is 35.4 Å². The number of esters is 1. The molecule has 0 aliphatic rings. The second-order valence-corrected chi connectivity index (χ2v) is 16.8. The van der Waals surface area contributed by atoms with Gasteiger partial charge in [-0.3, -0.25) is 0 Å². The number of ether oxygens (including phenoxy) is 1. The van der Waals surface area contributed by atoms with Gasteiger partial charge in [0.2, 0.25) is 0 Å². The Kier molecular flexibility index (Phi) is 8.39. The van der Waals surface area contributed by atoms with Crippen LogP contribution in [0.25, 0.3) is 0 Å². The normalized spacial score (nSPS) is 15.0. The summed E-state index contributed by atoms with van der Waals surface area (Å²) in [6.07, 6.45) is 0.801. The fourth-order valence-corrected chi connectivity index (χ4v) is 4.33. The Balaban J connectivity index is 2.96. The average molecular weight is 398 g/mol. The highest BCUT2D eigenvalue weighted by Gasteiger charge is 2.30. The Labute approximate surface area is 163 Å². The molecule has 0 fully saturated rings. The van der Waals surface area contributed by atoms with E-state index in [2.05, 4.69) is 24.4 Å². The summed E-state index contributed by atoms with van der Waals surface area (Å²) >= 11 is -1.14. The summed E-state index contributed by atoms with van der Waals surface area (Å²) in [6, 6.07) is 8.63. The second-order valence-electron chi connectivity index (χ2n) is 9.23. The Hall–Kier alpha value is -0.823. The molecule has 1 aromatic carbocycles. The van der Waals surface area contributed by atoms with Gasteiger partial charge < -0.3 is 9.29 Å². The van der Waals surface area contributed by atoms with Crippen molar-refractivity contribution >= 4 is 25.4 Å². The lowest BCUT2D eigenvalue weighted by atomic mass is 10.0. The van der Waals surface area contributed by atoms with E-state index in [9.17, 15) is 9.35 Å². The van der Waals surface area contributed by atoms with Gasteiger partial charge in [-0.25, -0.2) is 4.79 Å². The van der Waals surface area contributed by atoms with Crippen LogP contribution in [0.1, 0.15) is 63.0 Å². The Morgan fingerprint density at radius 3 is 2.15 bits per heavy atom. The largest absolute Gasteiger partial charge is 0.598 e. The second kappa shape index (κ2) is 9.40. The average Bonchev–Trinajstić information content (AvgIpc) is 2.48. The molecular weight excluding hydrogens is 362 g/mol. The summed E-state index contributed by atoms with van der Waals surface area (Å²) < 4.78 is 20.8. The van der Waals surface area contributed by atoms with E-state index in [1.807, 2.05) is 46.8 Å². The summed E-state index contributed by atoms with van der Waals surface area (Å²) in [5.41, 5.74) is 1.60. The summed E-state index contributed by atoms with van der Waals surface area (Å²) in [6.45, 7) is 16.6. The van der Waals surface area contributed by atoms with Crippen LogP contribution in [0, 0.1) is 0 Å². The lowest BCUT2D eigenvalue weighted by molar-refractivity contribution is 0.0378. The van der Waals surface area contributed by atoms with Gasteiger partial charge in [-0.2, -0.15) is 0 Å². The maximum absolute atomic E-state index is 12.6. The van der Waals surface area contributed by atoms with Crippen molar-refractivity contribution < 1.29 is 14.1 Å². The first-order chi connectivity index (χ1) is 11.8. The topological polar surface area (TPSA) is 61.4 Å². The molecule has 1 N–H and O–H groups in total. The molecule has 0 radical (unpaired) electrons. The molecule has 0 heterocycles. The monoisotopic (exact) mass is 397 g/mol. The lowest BCUT2D eigenvalue weighted by Crippen LogP contribution is -2.41. The van der Waals surface area contributed by atoms with Gasteiger partial charge in [0.25, 0.3) is 0 Å². The fourth-order valence-electron chi connectivity index (χ4n) is 2.31. The third-order valence-electron chi connectivity index (χ3n) is 3.88. The van der Waals surface area contributed by atoms with Crippen LogP contribution in [0.15, 0.2) is 24.3 Å². The van der Waals surface area contributed by atoms with E-state index in [4.69, 9.17) is 4.74 Å². The molecule has 1 aromatic rings. The first-order valence-corrected chi connectivity index (χ1v) is 14.1. The molecule has 148 valence electrons. The number of carbonyl (C=O) groups excluding carboxylic acids is 1. The molecule has 0 saturated heterocycles. The maximum atomic E-state index is 12.6. The minimum absolute atomic E-state index is 0.0111. The van der Waals surface area contributed by atoms with Crippen LogP contribution >= 0.6 is 0 Å². The van der Waals surface area contributed by atoms with Crippen LogP contribution in [-0.2, 0) is 16.1 Å². The summed E-state index contributed by atoms with van der Waals surface area (Å²) in [5.74, 6) is -0.309. The molecule has 6 heteroatoms. The molecule has 2 atom stereocenters. The molecule has 0 bridgehead atoms. The molecule has 0 spiro atoms. The smallest absolute Gasteiger partial charge is 0.338 e. The van der Waals surface area contributed by atoms with E-state index in [0.717, 1.165) is 18.0 Å². The Morgan fingerprint density at radius 1 is 1.19 bits per heavy atom. The van der Waals surface area contributed by atoms with Gasteiger partial charge in [-0.05, 0) is 58.7 Å². The molecule has 0 amide bonds. The van der Waals surface area contributed by atoms with E-state index in [1.54, 1.807) is 12.1 Å². The van der Waals surface area contributed by atoms with Crippen LogP contribution in [0.4, 0.5) is 0 Å². The van der Waals surface area contributed by atoms with Gasteiger partial charge in [-0.1, -0.05) is 37.8 Å². The molecule has 0 aliphatic carbocycles. The third-order valence-corrected chi connectivity index (χ3v) is 7.28. The van der Waals surface area contributed by atoms with Crippen LogP contribution in [-0.4, -0.2) is 29.4 Å². The van der Waals surface area contributed by atoms with Crippen molar-refractivity contribution in [1.82, 2.24) is 4.72 Å². The SMILES string of the molecule is CC(C)OC(=O)c1ccc([C@@H](CC[Si](C)(C)C)N[S@@+]([O-])C(C)(C)C)cc1. The summed E-state index contributed by atoms with van der Waals surface area (Å²) in [4.78, 5) is 12.0. The molecule has 0 saturated carbocycles. The van der Waals surface area contributed by atoms with Gasteiger partial charge >= 0.3 is 5.97 Å². The zero-order valence-corrected chi connectivity index (χ0v) is 19.3. The van der Waals surface area contributed by atoms with Crippen molar-refractivity contribution in [3.63, 3.8) is 0 Å². The first kappa shape index (κ1) is 23.2. The van der Waals surface area contributed by atoms with Gasteiger partial charge in [0.05, 0.1) is 17.7 Å². The summed E-state index contributed by atoms with van der Waals surface area (Å²) in [7, 11) is -1.21. The molecular formula is C20H35NO3SSi. The van der Waals surface area contributed by atoms with Crippen molar-refractivity contribution in [2.75, 3.05) is 0 Å². The highest BCUT2D eigenvalue weighted by atomic mass is 32.2. The molecule has 26 heavy (non-hydrogen) atoms. The molecule has 1 rings (SSSR count). The highest BCUT2D eigenvalue weighted by molar-refractivity contribution is 7.90. The number of benzene rings is 1. The van der Waals surface area contributed by atoms with Crippen molar-refractivity contribution in [3.8, 4) is 0 Å². The van der Waals surface area contributed by atoms with Gasteiger partial charge in [0, 0.05) is 19.4 Å². The predicted molar refractivity (Wildman–Crippen MR) is 114 cm³/mol. The van der Waals surface area contributed by atoms with Crippen LogP contribution in [0.2, 0.25) is 25.7 Å². The zero-order chi connectivity index (χ0) is 20.1. The first-order valence-electron chi connectivity index (χ1n) is 9.28. The van der Waals surface area contributed by atoms with Crippen LogP contribution in [0.5, 0.6) is 0 Å². The van der Waals surface area contributed by atoms with E-state index in [0.29, 0.717) is 5.56 Å². The number of hydrogen-bond donors (Lipinski definition) is 1. The number of nitrogens with one attached hydrogen (secondary N) is 1. The number of rotatable bonds is 8. The minimum Gasteiger partial charge on any atom is -0.598 e. The van der Waals surface area contributed by atoms with Crippen molar-refractivity contribution in [1.29, 1.82) is 0 Å². The number of hydrogen-bond acceptors (Lipinski definition) is 4. The maximum Gasteiger partial charge on any atom is 0.338 e. The molecule has 4 nitrogen and oxygen atoms in total. The number of carbonyl (C=O) groups is 1. The standard InChI is InChI=1S/C20H35NO3SSi/c1-15(2)24-19(22)17-11-9-16(10-12-17)18(13-14-26(6,7)8)21-25(23)20(3,4)5/h9-12,15,18,21H,13-14H2,1-8H3/t18-,25+/m1/s1. The molecule has 0 aromatic heterocycles. The minimum atomic E-state index is -1.21. The molecule has 0 aliphatic heterocycles. The fraction of sp³-hybridized carbons (Fsp3) is 0.650. The van der Waals surface area contributed by atoms with Crippen molar-refractivity contribution in [2.24, 2.45) is 0 Å². The van der Waals surface area contributed by atoms with Gasteiger partial charge in [0.15, 0.2) is 0 Å². The Bertz CT molecular complexity index is 576. The highest BCUT2D eigenvalue weighted by Crippen LogP contribution is 2.27.